The van der Waals surface area contributed by atoms with E-state index < -0.39 is 6.10 Å². The van der Waals surface area contributed by atoms with Crippen LogP contribution in [0.1, 0.15) is 37.9 Å². The number of aliphatic hydroxyl groups excluding tert-OH is 1. The Bertz CT molecular complexity index is 417. The molecule has 0 spiro atoms. The fourth-order valence-corrected chi connectivity index (χ4v) is 2.92. The zero-order chi connectivity index (χ0) is 15.1. The van der Waals surface area contributed by atoms with Gasteiger partial charge >= 0.3 is 0 Å². The standard InChI is InChI=1S/C17H28N2O2/c1-3-9-19-10-7-15(8-11-19)18-13-17(20)14-5-4-6-16(12-14)21-2/h4-6,12,15,17-18,20H,3,7-11,13H2,1-2H3. The summed E-state index contributed by atoms with van der Waals surface area (Å²) in [5.41, 5.74) is 0.908. The van der Waals surface area contributed by atoms with Crippen LogP contribution in [0.4, 0.5) is 0 Å². The Morgan fingerprint density at radius 3 is 2.81 bits per heavy atom. The van der Waals surface area contributed by atoms with E-state index in [1.807, 2.05) is 24.3 Å². The van der Waals surface area contributed by atoms with Crippen molar-refractivity contribution >= 4 is 0 Å². The van der Waals surface area contributed by atoms with Gasteiger partial charge in [0.1, 0.15) is 5.75 Å². The van der Waals surface area contributed by atoms with Gasteiger partial charge < -0.3 is 20.1 Å². The van der Waals surface area contributed by atoms with Gasteiger partial charge in [0.15, 0.2) is 0 Å². The molecule has 21 heavy (non-hydrogen) atoms. The number of likely N-dealkylation sites (tertiary alicyclic amines) is 1. The minimum Gasteiger partial charge on any atom is -0.497 e. The highest BCUT2D eigenvalue weighted by Gasteiger charge is 2.19. The number of ether oxygens (including phenoxy) is 1. The lowest BCUT2D eigenvalue weighted by Crippen LogP contribution is -2.43. The Labute approximate surface area is 128 Å². The van der Waals surface area contributed by atoms with Crippen LogP contribution in [-0.4, -0.2) is 49.3 Å². The van der Waals surface area contributed by atoms with Crippen LogP contribution in [0.5, 0.6) is 5.75 Å². The SMILES string of the molecule is CCCN1CCC(NCC(O)c2cccc(OC)c2)CC1. The molecule has 0 radical (unpaired) electrons. The summed E-state index contributed by atoms with van der Waals surface area (Å²) in [5, 5.41) is 13.8. The topological polar surface area (TPSA) is 44.7 Å². The number of aliphatic hydroxyl groups is 1. The maximum Gasteiger partial charge on any atom is 0.119 e. The van der Waals surface area contributed by atoms with Gasteiger partial charge in [0.05, 0.1) is 13.2 Å². The summed E-state index contributed by atoms with van der Waals surface area (Å²) < 4.78 is 5.20. The first kappa shape index (κ1) is 16.3. The average molecular weight is 292 g/mol. The summed E-state index contributed by atoms with van der Waals surface area (Å²) in [6.45, 7) is 6.38. The van der Waals surface area contributed by atoms with Crippen LogP contribution in [0.2, 0.25) is 0 Å². The van der Waals surface area contributed by atoms with Crippen LogP contribution in [-0.2, 0) is 0 Å². The van der Waals surface area contributed by atoms with Crippen LogP contribution >= 0.6 is 0 Å². The van der Waals surface area contributed by atoms with Gasteiger partial charge in [-0.15, -0.1) is 0 Å². The smallest absolute Gasteiger partial charge is 0.119 e. The van der Waals surface area contributed by atoms with Gasteiger partial charge in [0.25, 0.3) is 0 Å². The van der Waals surface area contributed by atoms with Gasteiger partial charge in [-0.25, -0.2) is 0 Å². The number of hydrogen-bond acceptors (Lipinski definition) is 4. The summed E-state index contributed by atoms with van der Waals surface area (Å²) in [5.74, 6) is 0.791. The second-order valence-electron chi connectivity index (χ2n) is 5.82. The van der Waals surface area contributed by atoms with Gasteiger partial charge in [-0.3, -0.25) is 0 Å². The van der Waals surface area contributed by atoms with E-state index in [-0.39, 0.29) is 0 Å². The Morgan fingerprint density at radius 1 is 1.38 bits per heavy atom. The number of hydrogen-bond donors (Lipinski definition) is 2. The molecule has 0 amide bonds. The van der Waals surface area contributed by atoms with Gasteiger partial charge in [0.2, 0.25) is 0 Å². The molecule has 1 heterocycles. The molecule has 0 aliphatic carbocycles. The van der Waals surface area contributed by atoms with Gasteiger partial charge in [0, 0.05) is 12.6 Å². The molecule has 1 aromatic rings. The van der Waals surface area contributed by atoms with Crippen molar-refractivity contribution in [3.63, 3.8) is 0 Å². The number of piperidine rings is 1. The number of nitrogens with zero attached hydrogens (tertiary/aromatic N) is 1. The molecule has 1 aliphatic heterocycles. The summed E-state index contributed by atoms with van der Waals surface area (Å²) in [7, 11) is 1.65. The van der Waals surface area contributed by atoms with Crippen LogP contribution in [0.15, 0.2) is 24.3 Å². The molecule has 4 heteroatoms. The van der Waals surface area contributed by atoms with Crippen molar-refractivity contribution in [3.05, 3.63) is 29.8 Å². The molecular formula is C17H28N2O2. The normalized spacial score (nSPS) is 18.6. The van der Waals surface area contributed by atoms with Crippen LogP contribution in [0.3, 0.4) is 0 Å². The van der Waals surface area contributed by atoms with Gasteiger partial charge in [-0.05, 0) is 56.6 Å². The highest BCUT2D eigenvalue weighted by Crippen LogP contribution is 2.19. The van der Waals surface area contributed by atoms with E-state index in [2.05, 4.69) is 17.1 Å². The molecule has 0 saturated carbocycles. The average Bonchev–Trinajstić information content (AvgIpc) is 2.54. The molecule has 0 aromatic heterocycles. The molecule has 1 aromatic carbocycles. The van der Waals surface area contributed by atoms with Gasteiger partial charge in [-0.1, -0.05) is 19.1 Å². The lowest BCUT2D eigenvalue weighted by atomic mass is 10.0. The molecule has 1 saturated heterocycles. The third kappa shape index (κ3) is 4.99. The second-order valence-corrected chi connectivity index (χ2v) is 5.82. The van der Waals surface area contributed by atoms with Crippen molar-refractivity contribution in [2.75, 3.05) is 33.3 Å². The van der Waals surface area contributed by atoms with Crippen LogP contribution in [0, 0.1) is 0 Å². The number of rotatable bonds is 7. The van der Waals surface area contributed by atoms with Crippen molar-refractivity contribution < 1.29 is 9.84 Å². The lowest BCUT2D eigenvalue weighted by Gasteiger charge is -2.32. The Hall–Kier alpha value is -1.10. The molecule has 0 bridgehead atoms. The predicted molar refractivity (Wildman–Crippen MR) is 85.7 cm³/mol. The highest BCUT2D eigenvalue weighted by molar-refractivity contribution is 5.29. The zero-order valence-corrected chi connectivity index (χ0v) is 13.2. The molecule has 1 aliphatic rings. The van der Waals surface area contributed by atoms with Gasteiger partial charge in [-0.2, -0.15) is 0 Å². The molecule has 2 rings (SSSR count). The monoisotopic (exact) mass is 292 g/mol. The lowest BCUT2D eigenvalue weighted by molar-refractivity contribution is 0.151. The molecule has 118 valence electrons. The minimum absolute atomic E-state index is 0.478. The van der Waals surface area contributed by atoms with E-state index >= 15 is 0 Å². The summed E-state index contributed by atoms with van der Waals surface area (Å²) in [4.78, 5) is 2.52. The first-order valence-corrected chi connectivity index (χ1v) is 8.00. The fourth-order valence-electron chi connectivity index (χ4n) is 2.92. The van der Waals surface area contributed by atoms with Crippen molar-refractivity contribution in [3.8, 4) is 5.75 Å². The molecule has 2 N–H and O–H groups in total. The quantitative estimate of drug-likeness (QED) is 0.808. The third-order valence-electron chi connectivity index (χ3n) is 4.21. The first-order valence-electron chi connectivity index (χ1n) is 8.00. The zero-order valence-electron chi connectivity index (χ0n) is 13.2. The number of nitrogens with one attached hydrogen (secondary N) is 1. The highest BCUT2D eigenvalue weighted by atomic mass is 16.5. The number of benzene rings is 1. The summed E-state index contributed by atoms with van der Waals surface area (Å²) in [6.07, 6.45) is 3.09. The van der Waals surface area contributed by atoms with E-state index in [0.717, 1.165) is 11.3 Å². The second kappa shape index (κ2) is 8.37. The molecular weight excluding hydrogens is 264 g/mol. The Balaban J connectivity index is 1.75. The maximum atomic E-state index is 10.3. The van der Waals surface area contributed by atoms with Crippen molar-refractivity contribution in [1.82, 2.24) is 10.2 Å². The van der Waals surface area contributed by atoms with E-state index in [4.69, 9.17) is 4.74 Å². The largest absolute Gasteiger partial charge is 0.497 e. The third-order valence-corrected chi connectivity index (χ3v) is 4.21. The van der Waals surface area contributed by atoms with E-state index in [9.17, 15) is 5.11 Å². The Kier molecular flexibility index (Phi) is 6.49. The minimum atomic E-state index is -0.478. The predicted octanol–water partition coefficient (Wildman–Crippen LogP) is 2.19. The Morgan fingerprint density at radius 2 is 2.14 bits per heavy atom. The van der Waals surface area contributed by atoms with Crippen LogP contribution in [0.25, 0.3) is 0 Å². The summed E-state index contributed by atoms with van der Waals surface area (Å²) >= 11 is 0. The summed E-state index contributed by atoms with van der Waals surface area (Å²) in [6, 6.07) is 8.18. The molecule has 1 fully saturated rings. The fraction of sp³-hybridized carbons (Fsp3) is 0.647. The van der Waals surface area contributed by atoms with Crippen molar-refractivity contribution in [2.24, 2.45) is 0 Å². The van der Waals surface area contributed by atoms with Crippen LogP contribution < -0.4 is 10.1 Å². The number of methoxy groups -OCH3 is 1. The van der Waals surface area contributed by atoms with Crippen molar-refractivity contribution in [2.45, 2.75) is 38.3 Å². The maximum absolute atomic E-state index is 10.3. The van der Waals surface area contributed by atoms with Crippen molar-refractivity contribution in [1.29, 1.82) is 0 Å². The first-order chi connectivity index (χ1) is 10.2. The molecule has 1 unspecified atom stereocenters. The van der Waals surface area contributed by atoms with E-state index in [1.54, 1.807) is 7.11 Å². The molecule has 4 nitrogen and oxygen atoms in total. The molecule has 1 atom stereocenters. The van der Waals surface area contributed by atoms with E-state index in [0.29, 0.717) is 12.6 Å². The van der Waals surface area contributed by atoms with E-state index in [1.165, 1.54) is 38.9 Å².